The van der Waals surface area contributed by atoms with E-state index in [4.69, 9.17) is 0 Å². The number of carbonyl (C=O) groups excluding carboxylic acids is 1. The quantitative estimate of drug-likeness (QED) is 0.782. The van der Waals surface area contributed by atoms with Crippen LogP contribution in [0.25, 0.3) is 0 Å². The molecular weight excluding hydrogens is 296 g/mol. The third kappa shape index (κ3) is 3.24. The van der Waals surface area contributed by atoms with Gasteiger partial charge in [0.05, 0.1) is 0 Å². The average molecular weight is 306 g/mol. The number of rotatable bonds is 3. The molecular formula is C10H10Br2O. The van der Waals surface area contributed by atoms with Gasteiger partial charge in [-0.2, -0.15) is 0 Å². The molecule has 0 aliphatic heterocycles. The van der Waals surface area contributed by atoms with Gasteiger partial charge in [0.2, 0.25) is 0 Å². The highest BCUT2D eigenvalue weighted by Crippen LogP contribution is 2.21. The van der Waals surface area contributed by atoms with Crippen molar-refractivity contribution in [2.45, 2.75) is 18.7 Å². The second-order valence-corrected chi connectivity index (χ2v) is 4.35. The molecule has 1 aromatic rings. The smallest absolute Gasteiger partial charge is 0.134 e. The zero-order valence-corrected chi connectivity index (χ0v) is 10.5. The van der Waals surface area contributed by atoms with Crippen LogP contribution in [0.5, 0.6) is 0 Å². The molecule has 0 fully saturated rings. The lowest BCUT2D eigenvalue weighted by Gasteiger charge is -2.03. The van der Waals surface area contributed by atoms with Gasteiger partial charge in [-0.05, 0) is 24.1 Å². The van der Waals surface area contributed by atoms with Crippen molar-refractivity contribution >= 4 is 37.6 Å². The maximum Gasteiger partial charge on any atom is 0.134 e. The van der Waals surface area contributed by atoms with E-state index >= 15 is 0 Å². The molecule has 0 aliphatic carbocycles. The van der Waals surface area contributed by atoms with Crippen LogP contribution < -0.4 is 0 Å². The molecule has 0 radical (unpaired) electrons. The van der Waals surface area contributed by atoms with Crippen molar-refractivity contribution in [3.05, 3.63) is 33.8 Å². The fourth-order valence-electron chi connectivity index (χ4n) is 1.13. The molecule has 0 atom stereocenters. The van der Waals surface area contributed by atoms with Crippen molar-refractivity contribution < 1.29 is 4.79 Å². The molecule has 0 N–H and O–H groups in total. The van der Waals surface area contributed by atoms with Crippen LogP contribution in [0.4, 0.5) is 0 Å². The first-order valence-corrected chi connectivity index (χ1v) is 5.87. The molecule has 0 bridgehead atoms. The maximum atomic E-state index is 10.9. The molecule has 0 heterocycles. The lowest BCUT2D eigenvalue weighted by atomic mass is 10.1. The van der Waals surface area contributed by atoms with E-state index in [1.54, 1.807) is 6.92 Å². The van der Waals surface area contributed by atoms with Gasteiger partial charge >= 0.3 is 0 Å². The number of hydrogen-bond donors (Lipinski definition) is 0. The molecule has 0 saturated heterocycles. The molecule has 0 aliphatic rings. The highest BCUT2D eigenvalue weighted by atomic mass is 79.9. The molecule has 1 nitrogen and oxygen atoms in total. The Morgan fingerprint density at radius 2 is 2.15 bits per heavy atom. The van der Waals surface area contributed by atoms with Gasteiger partial charge < -0.3 is 0 Å². The highest BCUT2D eigenvalue weighted by Gasteiger charge is 2.02. The SMILES string of the molecule is CC(=O)Cc1ccc(Br)c(CBr)c1. The van der Waals surface area contributed by atoms with Crippen LogP contribution >= 0.6 is 31.9 Å². The molecule has 3 heteroatoms. The largest absolute Gasteiger partial charge is 0.300 e. The summed E-state index contributed by atoms with van der Waals surface area (Å²) in [4.78, 5) is 10.9. The van der Waals surface area contributed by atoms with Crippen molar-refractivity contribution in [3.63, 3.8) is 0 Å². The van der Waals surface area contributed by atoms with Gasteiger partial charge in [0.15, 0.2) is 0 Å². The molecule has 1 aromatic carbocycles. The number of halogens is 2. The Hall–Kier alpha value is -0.150. The summed E-state index contributed by atoms with van der Waals surface area (Å²) in [6.07, 6.45) is 0.521. The van der Waals surface area contributed by atoms with Crippen molar-refractivity contribution in [3.8, 4) is 0 Å². The van der Waals surface area contributed by atoms with E-state index < -0.39 is 0 Å². The van der Waals surface area contributed by atoms with E-state index in [2.05, 4.69) is 31.9 Å². The molecule has 0 amide bonds. The summed E-state index contributed by atoms with van der Waals surface area (Å²) in [7, 11) is 0. The lowest BCUT2D eigenvalue weighted by Crippen LogP contribution is -1.96. The molecule has 0 saturated carbocycles. The van der Waals surface area contributed by atoms with Crippen molar-refractivity contribution in [1.82, 2.24) is 0 Å². The van der Waals surface area contributed by atoms with E-state index in [1.807, 2.05) is 18.2 Å². The predicted molar refractivity (Wildman–Crippen MR) is 61.2 cm³/mol. The van der Waals surface area contributed by atoms with Crippen LogP contribution in [0, 0.1) is 0 Å². The zero-order valence-electron chi connectivity index (χ0n) is 7.31. The monoisotopic (exact) mass is 304 g/mol. The topological polar surface area (TPSA) is 17.1 Å². The predicted octanol–water partition coefficient (Wildman–Crippen LogP) is 3.48. The third-order valence-corrected chi connectivity index (χ3v) is 3.08. The summed E-state index contributed by atoms with van der Waals surface area (Å²) in [5.41, 5.74) is 2.25. The van der Waals surface area contributed by atoms with Gasteiger partial charge in [0.25, 0.3) is 0 Å². The number of benzene rings is 1. The molecule has 1 rings (SSSR count). The van der Waals surface area contributed by atoms with Gasteiger partial charge in [0.1, 0.15) is 5.78 Å². The van der Waals surface area contributed by atoms with Crippen LogP contribution in [-0.4, -0.2) is 5.78 Å². The fraction of sp³-hybridized carbons (Fsp3) is 0.300. The standard InChI is InChI=1S/C10H10Br2O/c1-7(13)4-8-2-3-10(12)9(5-8)6-11/h2-3,5H,4,6H2,1H3. The third-order valence-electron chi connectivity index (χ3n) is 1.71. The van der Waals surface area contributed by atoms with Crippen LogP contribution in [0.2, 0.25) is 0 Å². The Labute approximate surface area is 94.8 Å². The van der Waals surface area contributed by atoms with Gasteiger partial charge in [-0.15, -0.1) is 0 Å². The minimum Gasteiger partial charge on any atom is -0.300 e. The van der Waals surface area contributed by atoms with Crippen molar-refractivity contribution in [1.29, 1.82) is 0 Å². The van der Waals surface area contributed by atoms with E-state index in [1.165, 1.54) is 5.56 Å². The molecule has 13 heavy (non-hydrogen) atoms. The molecule has 0 unspecified atom stereocenters. The Morgan fingerprint density at radius 3 is 2.69 bits per heavy atom. The Balaban J connectivity index is 2.92. The highest BCUT2D eigenvalue weighted by molar-refractivity contribution is 9.10. The Morgan fingerprint density at radius 1 is 1.46 bits per heavy atom. The normalized spacial score (nSPS) is 10.1. The van der Waals surface area contributed by atoms with E-state index in [0.717, 1.165) is 15.4 Å². The minimum absolute atomic E-state index is 0.197. The van der Waals surface area contributed by atoms with Crippen molar-refractivity contribution in [2.24, 2.45) is 0 Å². The summed E-state index contributed by atoms with van der Waals surface area (Å²) in [5, 5.41) is 0.805. The van der Waals surface area contributed by atoms with Gasteiger partial charge in [-0.1, -0.05) is 44.0 Å². The first-order chi connectivity index (χ1) is 6.13. The second kappa shape index (κ2) is 4.91. The van der Waals surface area contributed by atoms with Crippen LogP contribution in [0.15, 0.2) is 22.7 Å². The van der Waals surface area contributed by atoms with Crippen LogP contribution in [0.1, 0.15) is 18.1 Å². The number of carbonyl (C=O) groups is 1. The Bertz CT molecular complexity index is 321. The molecule has 0 aromatic heterocycles. The van der Waals surface area contributed by atoms with Gasteiger partial charge in [0, 0.05) is 16.2 Å². The van der Waals surface area contributed by atoms with Gasteiger partial charge in [-0.25, -0.2) is 0 Å². The summed E-state index contributed by atoms with van der Waals surface area (Å²) >= 11 is 6.84. The molecule has 0 spiro atoms. The van der Waals surface area contributed by atoms with Gasteiger partial charge in [-0.3, -0.25) is 4.79 Å². The summed E-state index contributed by atoms with van der Waals surface area (Å²) in [6.45, 7) is 1.61. The summed E-state index contributed by atoms with van der Waals surface area (Å²) in [6, 6.07) is 5.99. The number of ketones is 1. The summed E-state index contributed by atoms with van der Waals surface area (Å²) < 4.78 is 1.08. The second-order valence-electron chi connectivity index (χ2n) is 2.94. The maximum absolute atomic E-state index is 10.9. The van der Waals surface area contributed by atoms with E-state index in [9.17, 15) is 4.79 Å². The van der Waals surface area contributed by atoms with E-state index in [-0.39, 0.29) is 5.78 Å². The average Bonchev–Trinajstić information content (AvgIpc) is 2.07. The van der Waals surface area contributed by atoms with Crippen LogP contribution in [0.3, 0.4) is 0 Å². The number of alkyl halides is 1. The van der Waals surface area contributed by atoms with E-state index in [0.29, 0.717) is 6.42 Å². The minimum atomic E-state index is 0.197. The first-order valence-electron chi connectivity index (χ1n) is 3.96. The summed E-state index contributed by atoms with van der Waals surface area (Å²) in [5.74, 6) is 0.197. The number of Topliss-reactive ketones (excluding diaryl/α,β-unsaturated/α-hetero) is 1. The van der Waals surface area contributed by atoms with Crippen molar-refractivity contribution in [2.75, 3.05) is 0 Å². The Kier molecular flexibility index (Phi) is 4.13. The fourth-order valence-corrected chi connectivity index (χ4v) is 2.35. The molecule has 70 valence electrons. The zero-order chi connectivity index (χ0) is 9.84. The number of hydrogen-bond acceptors (Lipinski definition) is 1. The first kappa shape index (κ1) is 10.9. The lowest BCUT2D eigenvalue weighted by molar-refractivity contribution is -0.116. The van der Waals surface area contributed by atoms with Crippen LogP contribution in [-0.2, 0) is 16.5 Å².